The van der Waals surface area contributed by atoms with Gasteiger partial charge in [0.1, 0.15) is 0 Å². The first-order valence-corrected chi connectivity index (χ1v) is 11.6. The lowest BCUT2D eigenvalue weighted by Gasteiger charge is -2.46. The molecule has 0 spiro atoms. The van der Waals surface area contributed by atoms with Crippen LogP contribution >= 0.6 is 0 Å². The van der Waals surface area contributed by atoms with Gasteiger partial charge in [0.25, 0.3) is 0 Å². The van der Waals surface area contributed by atoms with Gasteiger partial charge in [-0.05, 0) is 107 Å². The van der Waals surface area contributed by atoms with E-state index in [9.17, 15) is 15.3 Å². The van der Waals surface area contributed by atoms with Crippen molar-refractivity contribution in [3.05, 3.63) is 23.3 Å². The average Bonchev–Trinajstić information content (AvgIpc) is 3.22. The predicted octanol–water partition coefficient (Wildman–Crippen LogP) is 4.90. The number of allylic oxidation sites excluding steroid dienone is 3. The fourth-order valence-corrected chi connectivity index (χ4v) is 7.45. The zero-order chi connectivity index (χ0) is 20.2. The Morgan fingerprint density at radius 2 is 1.71 bits per heavy atom. The third-order valence-corrected chi connectivity index (χ3v) is 8.45. The molecule has 0 heterocycles. The van der Waals surface area contributed by atoms with E-state index >= 15 is 0 Å². The molecule has 4 aliphatic rings. The van der Waals surface area contributed by atoms with Gasteiger partial charge >= 0.3 is 0 Å². The minimum atomic E-state index is -0.564. The summed E-state index contributed by atoms with van der Waals surface area (Å²) < 4.78 is 0. The van der Waals surface area contributed by atoms with E-state index in [0.717, 1.165) is 12.3 Å². The molecule has 0 aromatic heterocycles. The Kier molecular flexibility index (Phi) is 5.34. The highest BCUT2D eigenvalue weighted by molar-refractivity contribution is 5.27. The first-order chi connectivity index (χ1) is 13.1. The molecule has 4 aliphatic carbocycles. The maximum Gasteiger partial charge on any atom is 0.0602 e. The molecule has 5 atom stereocenters. The summed E-state index contributed by atoms with van der Waals surface area (Å²) in [6.45, 7) is 6.49. The van der Waals surface area contributed by atoms with Gasteiger partial charge in [0.2, 0.25) is 0 Å². The highest BCUT2D eigenvalue weighted by atomic mass is 16.3. The maximum atomic E-state index is 10.5. The lowest BCUT2D eigenvalue weighted by molar-refractivity contribution is 0.00303. The van der Waals surface area contributed by atoms with Crippen LogP contribution in [-0.2, 0) is 0 Å². The van der Waals surface area contributed by atoms with Crippen LogP contribution in [0.2, 0.25) is 0 Å². The summed E-state index contributed by atoms with van der Waals surface area (Å²) in [6.07, 6.45) is 15.6. The Balaban J connectivity index is 1.53. The van der Waals surface area contributed by atoms with E-state index in [4.69, 9.17) is 0 Å². The Morgan fingerprint density at radius 1 is 1.04 bits per heavy atom. The van der Waals surface area contributed by atoms with Crippen LogP contribution in [0.1, 0.15) is 91.4 Å². The van der Waals surface area contributed by atoms with Gasteiger partial charge in [-0.1, -0.05) is 30.2 Å². The number of rotatable bonds is 4. The molecule has 3 N–H and O–H groups in total. The Hall–Kier alpha value is -0.640. The van der Waals surface area contributed by atoms with Crippen LogP contribution in [0.15, 0.2) is 23.3 Å². The molecule has 4 fully saturated rings. The smallest absolute Gasteiger partial charge is 0.0602 e. The van der Waals surface area contributed by atoms with Gasteiger partial charge in [0, 0.05) is 0 Å². The summed E-state index contributed by atoms with van der Waals surface area (Å²) in [4.78, 5) is 0. The zero-order valence-electron chi connectivity index (χ0n) is 18.1. The molecule has 0 aromatic carbocycles. The number of fused-ring (bicyclic) bond motifs is 1. The predicted molar refractivity (Wildman–Crippen MR) is 113 cm³/mol. The summed E-state index contributed by atoms with van der Waals surface area (Å²) in [7, 11) is 0. The van der Waals surface area contributed by atoms with Crippen molar-refractivity contribution in [1.82, 2.24) is 0 Å². The molecule has 0 aliphatic heterocycles. The SMILES string of the molecule is CC(C)(O)CC1(C2CCC3/C(=C/C=C4CC(O)C[C@H](O)C4)CCC[C@@]32C)CC1. The second-order valence-electron chi connectivity index (χ2n) is 11.4. The monoisotopic (exact) mass is 388 g/mol. The minimum absolute atomic E-state index is 0.371. The molecule has 0 bridgehead atoms. The fourth-order valence-electron chi connectivity index (χ4n) is 7.45. The van der Waals surface area contributed by atoms with Crippen molar-refractivity contribution in [3.8, 4) is 0 Å². The van der Waals surface area contributed by atoms with Crippen LogP contribution in [-0.4, -0.2) is 33.1 Å². The van der Waals surface area contributed by atoms with Crippen LogP contribution in [0.25, 0.3) is 0 Å². The molecule has 28 heavy (non-hydrogen) atoms. The van der Waals surface area contributed by atoms with Crippen molar-refractivity contribution >= 4 is 0 Å². The Bertz CT molecular complexity index is 639. The van der Waals surface area contributed by atoms with Crippen molar-refractivity contribution in [2.45, 2.75) is 109 Å². The molecule has 158 valence electrons. The van der Waals surface area contributed by atoms with E-state index in [1.54, 1.807) is 5.57 Å². The zero-order valence-corrected chi connectivity index (χ0v) is 18.1. The standard InChI is InChI=1S/C25H40O3/c1-23(2,28)16-25(11-12-25)22-9-8-21-18(5-4-10-24(21,22)3)7-6-17-13-19(26)15-20(27)14-17/h6-7,19-22,26-28H,4-5,8-16H2,1-3H3/b17-6?,18-7+/t19-,20?,21?,22?,24+/m1/s1. The fraction of sp³-hybridized carbons (Fsp3) is 0.840. The van der Waals surface area contributed by atoms with Crippen molar-refractivity contribution in [3.63, 3.8) is 0 Å². The number of aliphatic hydroxyl groups excluding tert-OH is 2. The molecule has 0 amide bonds. The minimum Gasteiger partial charge on any atom is -0.393 e. The molecule has 3 heteroatoms. The van der Waals surface area contributed by atoms with E-state index in [1.807, 2.05) is 13.8 Å². The molecule has 0 saturated heterocycles. The topological polar surface area (TPSA) is 60.7 Å². The summed E-state index contributed by atoms with van der Waals surface area (Å²) in [5.41, 5.74) is 2.97. The molecule has 3 nitrogen and oxygen atoms in total. The molecular formula is C25H40O3. The first-order valence-electron chi connectivity index (χ1n) is 11.6. The largest absolute Gasteiger partial charge is 0.393 e. The van der Waals surface area contributed by atoms with Crippen LogP contribution < -0.4 is 0 Å². The third kappa shape index (κ3) is 4.00. The van der Waals surface area contributed by atoms with Crippen LogP contribution in [0, 0.1) is 22.7 Å². The van der Waals surface area contributed by atoms with Crippen molar-refractivity contribution in [2.75, 3.05) is 0 Å². The van der Waals surface area contributed by atoms with E-state index in [-0.39, 0.29) is 0 Å². The van der Waals surface area contributed by atoms with E-state index in [2.05, 4.69) is 19.1 Å². The Labute approximate surface area is 170 Å². The lowest BCUT2D eigenvalue weighted by atomic mass is 9.59. The molecular weight excluding hydrogens is 348 g/mol. The van der Waals surface area contributed by atoms with E-state index in [0.29, 0.717) is 36.0 Å². The van der Waals surface area contributed by atoms with Crippen LogP contribution in [0.4, 0.5) is 0 Å². The van der Waals surface area contributed by atoms with Gasteiger partial charge in [0.05, 0.1) is 17.8 Å². The van der Waals surface area contributed by atoms with Crippen LogP contribution in [0.5, 0.6) is 0 Å². The Morgan fingerprint density at radius 3 is 2.32 bits per heavy atom. The second-order valence-corrected chi connectivity index (χ2v) is 11.4. The average molecular weight is 389 g/mol. The van der Waals surface area contributed by atoms with E-state index in [1.165, 1.54) is 50.5 Å². The molecule has 4 saturated carbocycles. The molecule has 0 aromatic rings. The van der Waals surface area contributed by atoms with Crippen molar-refractivity contribution in [1.29, 1.82) is 0 Å². The second kappa shape index (κ2) is 7.25. The van der Waals surface area contributed by atoms with Gasteiger partial charge in [0.15, 0.2) is 0 Å². The summed E-state index contributed by atoms with van der Waals surface area (Å²) in [5.74, 6) is 1.41. The number of hydrogen-bond donors (Lipinski definition) is 3. The molecule has 4 rings (SSSR count). The quantitative estimate of drug-likeness (QED) is 0.642. The number of aliphatic hydroxyl groups is 3. The maximum absolute atomic E-state index is 10.5. The van der Waals surface area contributed by atoms with Crippen molar-refractivity contribution < 1.29 is 15.3 Å². The van der Waals surface area contributed by atoms with Gasteiger partial charge in [-0.2, -0.15) is 0 Å². The van der Waals surface area contributed by atoms with Crippen molar-refractivity contribution in [2.24, 2.45) is 22.7 Å². The summed E-state index contributed by atoms with van der Waals surface area (Å²) in [5, 5.41) is 30.4. The highest BCUT2D eigenvalue weighted by Crippen LogP contribution is 2.70. The normalized spacial score (nSPS) is 43.4. The summed E-state index contributed by atoms with van der Waals surface area (Å²) in [6, 6.07) is 0. The van der Waals surface area contributed by atoms with Gasteiger partial charge in [-0.25, -0.2) is 0 Å². The molecule has 0 radical (unpaired) electrons. The summed E-state index contributed by atoms with van der Waals surface area (Å²) >= 11 is 0. The van der Waals surface area contributed by atoms with Gasteiger partial charge in [-0.15, -0.1) is 0 Å². The van der Waals surface area contributed by atoms with Gasteiger partial charge < -0.3 is 15.3 Å². The number of hydrogen-bond acceptors (Lipinski definition) is 3. The third-order valence-electron chi connectivity index (χ3n) is 8.45. The van der Waals surface area contributed by atoms with Crippen LogP contribution in [0.3, 0.4) is 0 Å². The highest BCUT2D eigenvalue weighted by Gasteiger charge is 2.61. The lowest BCUT2D eigenvalue weighted by Crippen LogP contribution is -2.39. The van der Waals surface area contributed by atoms with E-state index < -0.39 is 17.8 Å². The van der Waals surface area contributed by atoms with Gasteiger partial charge in [-0.3, -0.25) is 0 Å². The first kappa shape index (κ1) is 20.6. The molecule has 3 unspecified atom stereocenters.